The van der Waals surface area contributed by atoms with E-state index in [2.05, 4.69) is 0 Å². The fraction of sp³-hybridized carbons (Fsp3) is 0.211. The minimum absolute atomic E-state index is 0.261. The van der Waals surface area contributed by atoms with Crippen molar-refractivity contribution in [3.8, 4) is 0 Å². The predicted octanol–water partition coefficient (Wildman–Crippen LogP) is 2.31. The normalized spacial score (nSPS) is 24.2. The number of ether oxygens (including phenoxy) is 1. The van der Waals surface area contributed by atoms with Crippen molar-refractivity contribution in [3.05, 3.63) is 71.0 Å². The molecule has 2 aliphatic rings. The summed E-state index contributed by atoms with van der Waals surface area (Å²) in [6.07, 6.45) is 0.261. The van der Waals surface area contributed by atoms with E-state index in [1.807, 2.05) is 0 Å². The summed E-state index contributed by atoms with van der Waals surface area (Å²) in [5, 5.41) is 0. The first-order chi connectivity index (χ1) is 12.0. The second-order valence-electron chi connectivity index (χ2n) is 6.22. The SMILES string of the molecule is COC(=O)[C@@]1(c2ccc(F)cc2)C[C@@H]1N1C(=O)c2ccccc2C1=O. The largest absolute Gasteiger partial charge is 0.468 e. The summed E-state index contributed by atoms with van der Waals surface area (Å²) in [5.74, 6) is -1.81. The first kappa shape index (κ1) is 15.5. The van der Waals surface area contributed by atoms with Gasteiger partial charge in [-0.25, -0.2) is 4.39 Å². The summed E-state index contributed by atoms with van der Waals surface area (Å²) in [7, 11) is 1.26. The number of halogens is 1. The number of nitrogens with zero attached hydrogens (tertiary/aromatic N) is 1. The van der Waals surface area contributed by atoms with Crippen LogP contribution in [0.5, 0.6) is 0 Å². The van der Waals surface area contributed by atoms with Crippen molar-refractivity contribution in [2.75, 3.05) is 7.11 Å². The Balaban J connectivity index is 1.75. The molecule has 1 saturated carbocycles. The number of hydrogen-bond donors (Lipinski definition) is 0. The van der Waals surface area contributed by atoms with Crippen LogP contribution in [0, 0.1) is 5.82 Å². The van der Waals surface area contributed by atoms with Crippen molar-refractivity contribution >= 4 is 17.8 Å². The maximum absolute atomic E-state index is 13.2. The Labute approximate surface area is 143 Å². The van der Waals surface area contributed by atoms with Crippen LogP contribution in [0.4, 0.5) is 4.39 Å². The van der Waals surface area contributed by atoms with Gasteiger partial charge in [-0.05, 0) is 36.2 Å². The molecule has 0 spiro atoms. The summed E-state index contributed by atoms with van der Waals surface area (Å²) in [6.45, 7) is 0. The molecule has 25 heavy (non-hydrogen) atoms. The molecule has 0 N–H and O–H groups in total. The fourth-order valence-corrected chi connectivity index (χ4v) is 3.63. The Hall–Kier alpha value is -3.02. The van der Waals surface area contributed by atoms with E-state index in [0.717, 1.165) is 4.90 Å². The zero-order valence-electron chi connectivity index (χ0n) is 13.4. The smallest absolute Gasteiger partial charge is 0.318 e. The van der Waals surface area contributed by atoms with Crippen molar-refractivity contribution in [2.45, 2.75) is 17.9 Å². The highest BCUT2D eigenvalue weighted by molar-refractivity contribution is 6.22. The van der Waals surface area contributed by atoms with E-state index < -0.39 is 35.1 Å². The molecule has 1 aliphatic carbocycles. The molecule has 1 fully saturated rings. The summed E-state index contributed by atoms with van der Waals surface area (Å²) >= 11 is 0. The number of imide groups is 1. The lowest BCUT2D eigenvalue weighted by atomic mass is 9.94. The van der Waals surface area contributed by atoms with Gasteiger partial charge in [0, 0.05) is 0 Å². The van der Waals surface area contributed by atoms with Crippen LogP contribution in [0.2, 0.25) is 0 Å². The molecule has 1 aliphatic heterocycles. The van der Waals surface area contributed by atoms with E-state index in [0.29, 0.717) is 16.7 Å². The Bertz CT molecular complexity index is 873. The van der Waals surface area contributed by atoms with Gasteiger partial charge in [-0.2, -0.15) is 0 Å². The van der Waals surface area contributed by atoms with E-state index in [1.165, 1.54) is 31.4 Å². The van der Waals surface area contributed by atoms with Gasteiger partial charge in [-0.15, -0.1) is 0 Å². The average molecular weight is 339 g/mol. The van der Waals surface area contributed by atoms with Gasteiger partial charge in [0.1, 0.15) is 11.2 Å². The van der Waals surface area contributed by atoms with Crippen LogP contribution in [0.3, 0.4) is 0 Å². The van der Waals surface area contributed by atoms with Crippen molar-refractivity contribution in [2.24, 2.45) is 0 Å². The molecule has 2 atom stereocenters. The molecule has 1 heterocycles. The van der Waals surface area contributed by atoms with Gasteiger partial charge >= 0.3 is 5.97 Å². The summed E-state index contributed by atoms with van der Waals surface area (Å²) in [6, 6.07) is 11.4. The molecule has 4 rings (SSSR count). The van der Waals surface area contributed by atoms with Gasteiger partial charge in [-0.3, -0.25) is 19.3 Å². The molecule has 126 valence electrons. The van der Waals surface area contributed by atoms with Crippen LogP contribution in [0.15, 0.2) is 48.5 Å². The molecule has 0 bridgehead atoms. The number of carbonyl (C=O) groups excluding carboxylic acids is 3. The van der Waals surface area contributed by atoms with E-state index >= 15 is 0 Å². The highest BCUT2D eigenvalue weighted by Gasteiger charge is 2.67. The second-order valence-corrected chi connectivity index (χ2v) is 6.22. The lowest BCUT2D eigenvalue weighted by Gasteiger charge is -2.20. The third-order valence-corrected chi connectivity index (χ3v) is 4.97. The molecule has 2 aromatic rings. The Morgan fingerprint density at radius 1 is 1.08 bits per heavy atom. The Morgan fingerprint density at radius 2 is 1.64 bits per heavy atom. The molecule has 6 heteroatoms. The first-order valence-electron chi connectivity index (χ1n) is 7.82. The van der Waals surface area contributed by atoms with Gasteiger partial charge in [-0.1, -0.05) is 24.3 Å². The molecule has 5 nitrogen and oxygen atoms in total. The highest BCUT2D eigenvalue weighted by Crippen LogP contribution is 2.54. The number of carbonyl (C=O) groups is 3. The molecule has 0 radical (unpaired) electrons. The monoisotopic (exact) mass is 339 g/mol. The summed E-state index contributed by atoms with van der Waals surface area (Å²) in [4.78, 5) is 38.9. The van der Waals surface area contributed by atoms with Gasteiger partial charge in [0.25, 0.3) is 11.8 Å². The van der Waals surface area contributed by atoms with E-state index in [-0.39, 0.29) is 6.42 Å². The van der Waals surface area contributed by atoms with Gasteiger partial charge in [0.15, 0.2) is 0 Å². The zero-order valence-corrected chi connectivity index (χ0v) is 13.4. The van der Waals surface area contributed by atoms with Gasteiger partial charge in [0.05, 0.1) is 24.3 Å². The first-order valence-corrected chi connectivity index (χ1v) is 7.82. The standard InChI is InChI=1S/C19H14FNO4/c1-25-18(24)19(11-6-8-12(20)9-7-11)10-15(19)21-16(22)13-4-2-3-5-14(13)17(21)23/h2-9,15H,10H2,1H3/t15-,19+/m0/s1. The molecule has 0 saturated heterocycles. The maximum Gasteiger partial charge on any atom is 0.318 e. The van der Waals surface area contributed by atoms with E-state index in [9.17, 15) is 18.8 Å². The zero-order chi connectivity index (χ0) is 17.8. The van der Waals surface area contributed by atoms with E-state index in [1.54, 1.807) is 24.3 Å². The van der Waals surface area contributed by atoms with Gasteiger partial charge in [0.2, 0.25) is 0 Å². The Kier molecular flexibility index (Phi) is 3.25. The second kappa shape index (κ2) is 5.24. The fourth-order valence-electron chi connectivity index (χ4n) is 3.63. The lowest BCUT2D eigenvalue weighted by molar-refractivity contribution is -0.144. The summed E-state index contributed by atoms with van der Waals surface area (Å²) < 4.78 is 18.2. The van der Waals surface area contributed by atoms with Crippen molar-refractivity contribution in [1.29, 1.82) is 0 Å². The van der Waals surface area contributed by atoms with Crippen molar-refractivity contribution in [3.63, 3.8) is 0 Å². The maximum atomic E-state index is 13.2. The number of amides is 2. The Morgan fingerprint density at radius 3 is 2.16 bits per heavy atom. The van der Waals surface area contributed by atoms with Crippen LogP contribution in [-0.2, 0) is 14.9 Å². The quantitative estimate of drug-likeness (QED) is 0.636. The van der Waals surface area contributed by atoms with Crippen LogP contribution in [0.1, 0.15) is 32.7 Å². The molecule has 0 unspecified atom stereocenters. The number of benzene rings is 2. The molecular formula is C19H14FNO4. The third kappa shape index (κ3) is 2.03. The highest BCUT2D eigenvalue weighted by atomic mass is 19.1. The van der Waals surface area contributed by atoms with Crippen LogP contribution < -0.4 is 0 Å². The average Bonchev–Trinajstić information content (AvgIpc) is 3.32. The van der Waals surface area contributed by atoms with Crippen molar-refractivity contribution in [1.82, 2.24) is 4.90 Å². The number of fused-ring (bicyclic) bond motifs is 1. The topological polar surface area (TPSA) is 63.7 Å². The number of rotatable bonds is 3. The van der Waals surface area contributed by atoms with Crippen LogP contribution >= 0.6 is 0 Å². The predicted molar refractivity (Wildman–Crippen MR) is 85.4 cm³/mol. The molecule has 2 amide bonds. The van der Waals surface area contributed by atoms with Crippen LogP contribution in [0.25, 0.3) is 0 Å². The van der Waals surface area contributed by atoms with Gasteiger partial charge < -0.3 is 4.74 Å². The lowest BCUT2D eigenvalue weighted by Crippen LogP contribution is -2.39. The number of methoxy groups -OCH3 is 1. The van der Waals surface area contributed by atoms with E-state index in [4.69, 9.17) is 4.74 Å². The summed E-state index contributed by atoms with van der Waals surface area (Å²) in [5.41, 5.74) is 0.0485. The minimum Gasteiger partial charge on any atom is -0.468 e. The minimum atomic E-state index is -1.14. The molecule has 2 aromatic carbocycles. The third-order valence-electron chi connectivity index (χ3n) is 4.97. The molecule has 0 aromatic heterocycles. The number of hydrogen-bond acceptors (Lipinski definition) is 4. The number of esters is 1. The molecular weight excluding hydrogens is 325 g/mol. The van der Waals surface area contributed by atoms with Crippen LogP contribution in [-0.4, -0.2) is 35.8 Å². The van der Waals surface area contributed by atoms with Crippen molar-refractivity contribution < 1.29 is 23.5 Å².